The lowest BCUT2D eigenvalue weighted by Crippen LogP contribution is -1.96. The van der Waals surface area contributed by atoms with E-state index in [9.17, 15) is 4.91 Å². The van der Waals surface area contributed by atoms with Gasteiger partial charge in [-0.1, -0.05) is 18.7 Å². The maximum Gasteiger partial charge on any atom is 0.111 e. The van der Waals surface area contributed by atoms with Crippen LogP contribution in [0.2, 0.25) is 0 Å². The first-order chi connectivity index (χ1) is 5.66. The molecular weight excluding hydrogens is 152 g/mol. The maximum atomic E-state index is 10.3. The molecule has 0 unspecified atom stereocenters. The molecule has 0 heterocycles. The standard InChI is InChI=1S/C9H10N2O/c1-6-8(7(2)10)4-3-5-9(6)11-12/h3-5H,2,10H2,1H3. The molecule has 1 aromatic carbocycles. The third-order valence-corrected chi connectivity index (χ3v) is 1.75. The van der Waals surface area contributed by atoms with E-state index in [0.717, 1.165) is 11.1 Å². The molecule has 12 heavy (non-hydrogen) atoms. The molecule has 0 amide bonds. The van der Waals surface area contributed by atoms with Crippen LogP contribution < -0.4 is 5.73 Å². The summed E-state index contributed by atoms with van der Waals surface area (Å²) in [6.45, 7) is 5.39. The molecule has 0 saturated heterocycles. The summed E-state index contributed by atoms with van der Waals surface area (Å²) in [6, 6.07) is 5.19. The lowest BCUT2D eigenvalue weighted by molar-refractivity contribution is 1.34. The average Bonchev–Trinajstić information content (AvgIpc) is 2.04. The van der Waals surface area contributed by atoms with E-state index in [4.69, 9.17) is 5.73 Å². The van der Waals surface area contributed by atoms with Crippen LogP contribution in [-0.2, 0) is 0 Å². The predicted molar refractivity (Wildman–Crippen MR) is 49.9 cm³/mol. The molecule has 3 heteroatoms. The quantitative estimate of drug-likeness (QED) is 0.678. The topological polar surface area (TPSA) is 55.4 Å². The van der Waals surface area contributed by atoms with Crippen molar-refractivity contribution in [3.8, 4) is 0 Å². The van der Waals surface area contributed by atoms with Crippen LogP contribution in [-0.4, -0.2) is 0 Å². The van der Waals surface area contributed by atoms with Crippen molar-refractivity contribution in [2.75, 3.05) is 0 Å². The van der Waals surface area contributed by atoms with Crippen molar-refractivity contribution in [1.29, 1.82) is 0 Å². The Balaban J connectivity index is 3.32. The van der Waals surface area contributed by atoms with Crippen molar-refractivity contribution >= 4 is 11.4 Å². The Morgan fingerprint density at radius 3 is 2.75 bits per heavy atom. The molecule has 1 rings (SSSR count). The van der Waals surface area contributed by atoms with E-state index in [0.29, 0.717) is 11.4 Å². The number of hydrogen-bond donors (Lipinski definition) is 1. The molecule has 0 atom stereocenters. The first-order valence-electron chi connectivity index (χ1n) is 3.54. The van der Waals surface area contributed by atoms with Crippen LogP contribution >= 0.6 is 0 Å². The van der Waals surface area contributed by atoms with E-state index in [1.54, 1.807) is 19.1 Å². The molecular formula is C9H10N2O. The SMILES string of the molecule is C=C(N)c1cccc(N=O)c1C. The van der Waals surface area contributed by atoms with Gasteiger partial charge in [-0.15, -0.1) is 4.91 Å². The molecule has 0 aliphatic heterocycles. The van der Waals surface area contributed by atoms with E-state index in [1.165, 1.54) is 0 Å². The van der Waals surface area contributed by atoms with Crippen LogP contribution in [0.1, 0.15) is 11.1 Å². The lowest BCUT2D eigenvalue weighted by atomic mass is 10.1. The van der Waals surface area contributed by atoms with Gasteiger partial charge in [0.1, 0.15) is 5.69 Å². The van der Waals surface area contributed by atoms with Gasteiger partial charge in [0.2, 0.25) is 0 Å². The van der Waals surface area contributed by atoms with Gasteiger partial charge >= 0.3 is 0 Å². The number of benzene rings is 1. The van der Waals surface area contributed by atoms with E-state index >= 15 is 0 Å². The molecule has 2 N–H and O–H groups in total. The molecule has 0 aromatic heterocycles. The fourth-order valence-corrected chi connectivity index (χ4v) is 1.07. The van der Waals surface area contributed by atoms with Crippen molar-refractivity contribution in [1.82, 2.24) is 0 Å². The van der Waals surface area contributed by atoms with Gasteiger partial charge in [0.05, 0.1) is 0 Å². The summed E-state index contributed by atoms with van der Waals surface area (Å²) in [5.74, 6) is 0. The zero-order valence-electron chi connectivity index (χ0n) is 6.87. The largest absolute Gasteiger partial charge is 0.399 e. The van der Waals surface area contributed by atoms with Gasteiger partial charge in [-0.2, -0.15) is 0 Å². The summed E-state index contributed by atoms with van der Waals surface area (Å²) >= 11 is 0. The highest BCUT2D eigenvalue weighted by Crippen LogP contribution is 2.23. The maximum absolute atomic E-state index is 10.3. The molecule has 1 aromatic rings. The highest BCUT2D eigenvalue weighted by Gasteiger charge is 2.03. The van der Waals surface area contributed by atoms with Gasteiger partial charge in [0, 0.05) is 11.3 Å². The summed E-state index contributed by atoms with van der Waals surface area (Å²) in [5, 5.41) is 2.87. The van der Waals surface area contributed by atoms with Crippen molar-refractivity contribution in [2.24, 2.45) is 10.9 Å². The zero-order chi connectivity index (χ0) is 9.14. The van der Waals surface area contributed by atoms with Gasteiger partial charge in [0.15, 0.2) is 0 Å². The molecule has 62 valence electrons. The highest BCUT2D eigenvalue weighted by atomic mass is 16.3. The zero-order valence-corrected chi connectivity index (χ0v) is 6.87. The Morgan fingerprint density at radius 2 is 2.25 bits per heavy atom. The number of nitroso groups, excluding NO2 is 1. The van der Waals surface area contributed by atoms with Crippen LogP contribution in [0, 0.1) is 11.8 Å². The minimum absolute atomic E-state index is 0.416. The van der Waals surface area contributed by atoms with Crippen molar-refractivity contribution in [3.05, 3.63) is 40.8 Å². The Kier molecular flexibility index (Phi) is 2.24. The Bertz CT molecular complexity index is 331. The summed E-state index contributed by atoms with van der Waals surface area (Å²) < 4.78 is 0. The molecule has 0 radical (unpaired) electrons. The first-order valence-corrected chi connectivity index (χ1v) is 3.54. The minimum Gasteiger partial charge on any atom is -0.399 e. The fourth-order valence-electron chi connectivity index (χ4n) is 1.07. The molecule has 0 saturated carbocycles. The van der Waals surface area contributed by atoms with Crippen molar-refractivity contribution in [2.45, 2.75) is 6.92 Å². The van der Waals surface area contributed by atoms with Gasteiger partial charge in [-0.25, -0.2) is 0 Å². The van der Waals surface area contributed by atoms with Crippen LogP contribution in [0.3, 0.4) is 0 Å². The van der Waals surface area contributed by atoms with E-state index in [1.807, 2.05) is 6.07 Å². The Labute approximate surface area is 70.9 Å². The second-order valence-electron chi connectivity index (χ2n) is 2.57. The number of rotatable bonds is 2. The van der Waals surface area contributed by atoms with E-state index in [-0.39, 0.29) is 0 Å². The molecule has 0 aliphatic rings. The third kappa shape index (κ3) is 1.34. The molecule has 0 fully saturated rings. The third-order valence-electron chi connectivity index (χ3n) is 1.75. The summed E-state index contributed by atoms with van der Waals surface area (Å²) in [7, 11) is 0. The number of nitrogens with zero attached hydrogens (tertiary/aromatic N) is 1. The smallest absolute Gasteiger partial charge is 0.111 e. The van der Waals surface area contributed by atoms with Gasteiger partial charge in [0.25, 0.3) is 0 Å². The van der Waals surface area contributed by atoms with Gasteiger partial charge < -0.3 is 5.73 Å². The molecule has 0 spiro atoms. The lowest BCUT2D eigenvalue weighted by Gasteiger charge is -2.04. The summed E-state index contributed by atoms with van der Waals surface area (Å²) in [4.78, 5) is 10.3. The van der Waals surface area contributed by atoms with Gasteiger partial charge in [-0.05, 0) is 23.7 Å². The number of nitrogens with two attached hydrogens (primary N) is 1. The molecule has 0 aliphatic carbocycles. The average molecular weight is 162 g/mol. The summed E-state index contributed by atoms with van der Waals surface area (Å²) in [5.41, 5.74) is 7.93. The first kappa shape index (κ1) is 8.46. The van der Waals surface area contributed by atoms with Gasteiger partial charge in [-0.3, -0.25) is 0 Å². The second kappa shape index (κ2) is 3.17. The van der Waals surface area contributed by atoms with Crippen LogP contribution in [0.25, 0.3) is 5.70 Å². The normalized spacial score (nSPS) is 9.42. The minimum atomic E-state index is 0.416. The second-order valence-corrected chi connectivity index (χ2v) is 2.57. The summed E-state index contributed by atoms with van der Waals surface area (Å²) in [6.07, 6.45) is 0. The number of hydrogen-bond acceptors (Lipinski definition) is 3. The van der Waals surface area contributed by atoms with Crippen LogP contribution in [0.5, 0.6) is 0 Å². The fraction of sp³-hybridized carbons (Fsp3) is 0.111. The molecule has 0 bridgehead atoms. The predicted octanol–water partition coefficient (Wildman–Crippen LogP) is 2.32. The van der Waals surface area contributed by atoms with Crippen LogP contribution in [0.4, 0.5) is 5.69 Å². The van der Waals surface area contributed by atoms with E-state index < -0.39 is 0 Å². The van der Waals surface area contributed by atoms with Crippen LogP contribution in [0.15, 0.2) is 30.0 Å². The highest BCUT2D eigenvalue weighted by molar-refractivity contribution is 5.68. The Hall–Kier alpha value is -1.64. The Morgan fingerprint density at radius 1 is 1.58 bits per heavy atom. The van der Waals surface area contributed by atoms with Crippen molar-refractivity contribution < 1.29 is 0 Å². The molecule has 3 nitrogen and oxygen atoms in total. The van der Waals surface area contributed by atoms with E-state index in [2.05, 4.69) is 11.8 Å². The van der Waals surface area contributed by atoms with Crippen molar-refractivity contribution in [3.63, 3.8) is 0 Å². The monoisotopic (exact) mass is 162 g/mol.